The van der Waals surface area contributed by atoms with E-state index in [4.69, 9.17) is 11.6 Å². The van der Waals surface area contributed by atoms with E-state index in [0.29, 0.717) is 0 Å². The molecule has 2 atom stereocenters. The van der Waals surface area contributed by atoms with E-state index in [-0.39, 0.29) is 5.92 Å². The molecule has 3 heteroatoms. The van der Waals surface area contributed by atoms with Gasteiger partial charge in [0.15, 0.2) is 0 Å². The molecule has 0 aliphatic heterocycles. The summed E-state index contributed by atoms with van der Waals surface area (Å²) in [6.45, 7) is 5.03. The summed E-state index contributed by atoms with van der Waals surface area (Å²) in [4.78, 5) is 2.14. The number of nitrogens with zero attached hydrogens (tertiary/aromatic N) is 1. The standard InChI is InChI=1S/C24H32ClNO/c1-19(17-22-12-14-23(25)15-13-22)24(27,20(2)18-26(3)4)16-8-11-21-9-6-5-7-10-21/h5-7,9-10,12-15,17,20,27H,8,11,16,18H2,1-4H3/b19-17+. The van der Waals surface area contributed by atoms with Crippen LogP contribution in [0.4, 0.5) is 0 Å². The highest BCUT2D eigenvalue weighted by atomic mass is 35.5. The Balaban J connectivity index is 2.18. The van der Waals surface area contributed by atoms with E-state index < -0.39 is 5.60 Å². The van der Waals surface area contributed by atoms with Crippen LogP contribution in [0.3, 0.4) is 0 Å². The molecule has 2 aromatic carbocycles. The van der Waals surface area contributed by atoms with Crippen LogP contribution >= 0.6 is 11.6 Å². The molecule has 0 aromatic heterocycles. The molecule has 0 aliphatic rings. The molecule has 27 heavy (non-hydrogen) atoms. The van der Waals surface area contributed by atoms with Gasteiger partial charge in [0.05, 0.1) is 5.60 Å². The Bertz CT molecular complexity index is 724. The van der Waals surface area contributed by atoms with Gasteiger partial charge in [0, 0.05) is 17.5 Å². The average Bonchev–Trinajstić information content (AvgIpc) is 2.63. The zero-order valence-electron chi connectivity index (χ0n) is 17.0. The first kappa shape index (κ1) is 21.7. The van der Waals surface area contributed by atoms with Gasteiger partial charge >= 0.3 is 0 Å². The molecule has 0 amide bonds. The summed E-state index contributed by atoms with van der Waals surface area (Å²) < 4.78 is 0. The van der Waals surface area contributed by atoms with E-state index in [1.807, 2.05) is 37.3 Å². The molecular weight excluding hydrogens is 354 g/mol. The average molecular weight is 386 g/mol. The monoisotopic (exact) mass is 385 g/mol. The SMILES string of the molecule is C/C(=C\c1ccc(Cl)cc1)C(O)(CCCc1ccccc1)C(C)CN(C)C. The third kappa shape index (κ3) is 6.49. The lowest BCUT2D eigenvalue weighted by molar-refractivity contribution is 0.00550. The van der Waals surface area contributed by atoms with Gasteiger partial charge < -0.3 is 10.0 Å². The molecule has 0 spiro atoms. The van der Waals surface area contributed by atoms with Crippen LogP contribution in [0.2, 0.25) is 5.02 Å². The van der Waals surface area contributed by atoms with E-state index >= 15 is 0 Å². The predicted molar refractivity (Wildman–Crippen MR) is 117 cm³/mol. The van der Waals surface area contributed by atoms with Crippen LogP contribution in [0, 0.1) is 5.92 Å². The first-order valence-electron chi connectivity index (χ1n) is 9.66. The zero-order valence-corrected chi connectivity index (χ0v) is 17.7. The Kier molecular flexibility index (Phi) is 8.09. The van der Waals surface area contributed by atoms with Crippen LogP contribution in [-0.2, 0) is 6.42 Å². The van der Waals surface area contributed by atoms with Gasteiger partial charge in [-0.15, -0.1) is 0 Å². The van der Waals surface area contributed by atoms with Crippen molar-refractivity contribution >= 4 is 17.7 Å². The summed E-state index contributed by atoms with van der Waals surface area (Å²) >= 11 is 6.00. The van der Waals surface area contributed by atoms with Crippen LogP contribution < -0.4 is 0 Å². The van der Waals surface area contributed by atoms with Crippen LogP contribution in [0.1, 0.15) is 37.8 Å². The van der Waals surface area contributed by atoms with Crippen molar-refractivity contribution in [3.05, 3.63) is 76.3 Å². The third-order valence-electron chi connectivity index (χ3n) is 5.26. The van der Waals surface area contributed by atoms with Gasteiger partial charge in [0.2, 0.25) is 0 Å². The van der Waals surface area contributed by atoms with Crippen molar-refractivity contribution in [2.24, 2.45) is 5.92 Å². The molecule has 0 bridgehead atoms. The minimum atomic E-state index is -0.835. The van der Waals surface area contributed by atoms with Gasteiger partial charge in [0.1, 0.15) is 0 Å². The Morgan fingerprint density at radius 1 is 1.11 bits per heavy atom. The topological polar surface area (TPSA) is 23.5 Å². The minimum Gasteiger partial charge on any atom is -0.385 e. The number of hydrogen-bond acceptors (Lipinski definition) is 2. The number of halogens is 1. The van der Waals surface area contributed by atoms with Crippen molar-refractivity contribution in [3.8, 4) is 0 Å². The molecular formula is C24H32ClNO. The number of aryl methyl sites for hydroxylation is 1. The summed E-state index contributed by atoms with van der Waals surface area (Å²) in [7, 11) is 4.11. The fraction of sp³-hybridized carbons (Fsp3) is 0.417. The second-order valence-corrected chi connectivity index (χ2v) is 8.24. The molecule has 0 aliphatic carbocycles. The molecule has 146 valence electrons. The first-order valence-corrected chi connectivity index (χ1v) is 10.0. The van der Waals surface area contributed by atoms with Gasteiger partial charge in [-0.2, -0.15) is 0 Å². The summed E-state index contributed by atoms with van der Waals surface area (Å²) in [5, 5.41) is 12.4. The lowest BCUT2D eigenvalue weighted by Gasteiger charge is -2.37. The van der Waals surface area contributed by atoms with Gasteiger partial charge in [-0.3, -0.25) is 0 Å². The highest BCUT2D eigenvalue weighted by Gasteiger charge is 2.35. The van der Waals surface area contributed by atoms with E-state index in [9.17, 15) is 5.11 Å². The largest absolute Gasteiger partial charge is 0.385 e. The molecule has 2 aromatic rings. The quantitative estimate of drug-likeness (QED) is 0.598. The van der Waals surface area contributed by atoms with Crippen molar-refractivity contribution in [1.82, 2.24) is 4.90 Å². The highest BCUT2D eigenvalue weighted by molar-refractivity contribution is 6.30. The van der Waals surface area contributed by atoms with Gasteiger partial charge in [0.25, 0.3) is 0 Å². The normalized spacial score (nSPS) is 15.6. The molecule has 0 saturated carbocycles. The van der Waals surface area contributed by atoms with E-state index in [1.165, 1.54) is 5.56 Å². The predicted octanol–water partition coefficient (Wildman–Crippen LogP) is 5.70. The van der Waals surface area contributed by atoms with Crippen LogP contribution in [0.25, 0.3) is 6.08 Å². The Hall–Kier alpha value is -1.61. The van der Waals surface area contributed by atoms with E-state index in [1.54, 1.807) is 0 Å². The summed E-state index contributed by atoms with van der Waals surface area (Å²) in [6, 6.07) is 18.2. The van der Waals surface area contributed by atoms with Crippen molar-refractivity contribution in [3.63, 3.8) is 0 Å². The number of hydrogen-bond donors (Lipinski definition) is 1. The Morgan fingerprint density at radius 3 is 2.33 bits per heavy atom. The molecule has 0 saturated heterocycles. The van der Waals surface area contributed by atoms with Crippen molar-refractivity contribution in [2.45, 2.75) is 38.7 Å². The number of benzene rings is 2. The number of rotatable bonds is 9. The maximum atomic E-state index is 11.7. The third-order valence-corrected chi connectivity index (χ3v) is 5.51. The maximum Gasteiger partial charge on any atom is 0.0895 e. The van der Waals surface area contributed by atoms with Crippen molar-refractivity contribution in [1.29, 1.82) is 0 Å². The summed E-state index contributed by atoms with van der Waals surface area (Å²) in [6.07, 6.45) is 4.76. The summed E-state index contributed by atoms with van der Waals surface area (Å²) in [5.41, 5.74) is 2.56. The fourth-order valence-electron chi connectivity index (χ4n) is 3.67. The van der Waals surface area contributed by atoms with Crippen LogP contribution in [0.15, 0.2) is 60.2 Å². The van der Waals surface area contributed by atoms with Crippen LogP contribution in [-0.4, -0.2) is 36.2 Å². The van der Waals surface area contributed by atoms with Gasteiger partial charge in [-0.1, -0.05) is 67.1 Å². The smallest absolute Gasteiger partial charge is 0.0895 e. The second kappa shape index (κ2) is 10.1. The molecule has 2 nitrogen and oxygen atoms in total. The fourth-order valence-corrected chi connectivity index (χ4v) is 3.80. The van der Waals surface area contributed by atoms with Gasteiger partial charge in [-0.05, 0) is 69.1 Å². The zero-order chi connectivity index (χ0) is 19.9. The minimum absolute atomic E-state index is 0.131. The molecule has 2 rings (SSSR count). The van der Waals surface area contributed by atoms with Gasteiger partial charge in [-0.25, -0.2) is 0 Å². The van der Waals surface area contributed by atoms with Crippen molar-refractivity contribution in [2.75, 3.05) is 20.6 Å². The molecule has 0 radical (unpaired) electrons. The number of aliphatic hydroxyl groups is 1. The molecule has 0 fully saturated rings. The lowest BCUT2D eigenvalue weighted by Crippen LogP contribution is -2.42. The highest BCUT2D eigenvalue weighted by Crippen LogP contribution is 2.33. The molecule has 1 N–H and O–H groups in total. The lowest BCUT2D eigenvalue weighted by atomic mass is 9.77. The maximum absolute atomic E-state index is 11.7. The van der Waals surface area contributed by atoms with E-state index in [2.05, 4.69) is 56.3 Å². The molecule has 2 unspecified atom stereocenters. The summed E-state index contributed by atoms with van der Waals surface area (Å²) in [5.74, 6) is 0.131. The first-order chi connectivity index (χ1) is 12.8. The molecule has 0 heterocycles. The van der Waals surface area contributed by atoms with Crippen molar-refractivity contribution < 1.29 is 5.11 Å². The Labute approximate surface area is 169 Å². The Morgan fingerprint density at radius 2 is 1.74 bits per heavy atom. The van der Waals surface area contributed by atoms with Crippen LogP contribution in [0.5, 0.6) is 0 Å². The second-order valence-electron chi connectivity index (χ2n) is 7.81. The van der Waals surface area contributed by atoms with E-state index in [0.717, 1.165) is 42.0 Å².